The summed E-state index contributed by atoms with van der Waals surface area (Å²) >= 11 is 1.34. The standard InChI is InChI=1S/C12H15F3N2O3S/c1-7-17(9(6-21-7)10(18)19)11(20)16-4-2-8(3-5-16)12(13,14)15/h2,7,9H,3-6H2,1H3,(H,18,19). The van der Waals surface area contributed by atoms with Crippen LogP contribution >= 0.6 is 11.8 Å². The summed E-state index contributed by atoms with van der Waals surface area (Å²) in [6.07, 6.45) is -3.64. The number of hydrogen-bond donors (Lipinski definition) is 1. The van der Waals surface area contributed by atoms with Crippen molar-refractivity contribution in [1.29, 1.82) is 0 Å². The third kappa shape index (κ3) is 3.28. The van der Waals surface area contributed by atoms with Crippen LogP contribution in [0.15, 0.2) is 11.6 Å². The topological polar surface area (TPSA) is 60.9 Å². The van der Waals surface area contributed by atoms with Crippen LogP contribution < -0.4 is 0 Å². The maximum Gasteiger partial charge on any atom is 0.412 e. The zero-order chi connectivity index (χ0) is 15.8. The van der Waals surface area contributed by atoms with Gasteiger partial charge in [0.2, 0.25) is 0 Å². The molecule has 2 amide bonds. The number of hydrogen-bond acceptors (Lipinski definition) is 3. The Bertz CT molecular complexity index is 481. The Morgan fingerprint density at radius 1 is 1.43 bits per heavy atom. The van der Waals surface area contributed by atoms with Crippen molar-refractivity contribution in [2.24, 2.45) is 0 Å². The number of alkyl halides is 3. The van der Waals surface area contributed by atoms with Crippen LogP contribution in [0.2, 0.25) is 0 Å². The Morgan fingerprint density at radius 3 is 2.57 bits per heavy atom. The molecule has 2 unspecified atom stereocenters. The van der Waals surface area contributed by atoms with Crippen LogP contribution in [-0.4, -0.2) is 63.3 Å². The molecular formula is C12H15F3N2O3S. The lowest BCUT2D eigenvalue weighted by Crippen LogP contribution is -2.52. The molecule has 0 bridgehead atoms. The monoisotopic (exact) mass is 324 g/mol. The second-order valence-electron chi connectivity index (χ2n) is 4.90. The van der Waals surface area contributed by atoms with Gasteiger partial charge in [0, 0.05) is 24.4 Å². The summed E-state index contributed by atoms with van der Waals surface area (Å²) in [4.78, 5) is 26.0. The van der Waals surface area contributed by atoms with E-state index >= 15 is 0 Å². The molecule has 0 spiro atoms. The highest BCUT2D eigenvalue weighted by molar-refractivity contribution is 8.00. The van der Waals surface area contributed by atoms with E-state index in [-0.39, 0.29) is 24.9 Å². The molecule has 21 heavy (non-hydrogen) atoms. The molecule has 1 fully saturated rings. The summed E-state index contributed by atoms with van der Waals surface area (Å²) in [6, 6.07) is -1.44. The van der Waals surface area contributed by atoms with Crippen LogP contribution in [0, 0.1) is 0 Å². The molecule has 2 atom stereocenters. The van der Waals surface area contributed by atoms with E-state index in [2.05, 4.69) is 0 Å². The van der Waals surface area contributed by atoms with E-state index in [1.807, 2.05) is 0 Å². The first-order valence-electron chi connectivity index (χ1n) is 6.39. The predicted molar refractivity (Wildman–Crippen MR) is 70.9 cm³/mol. The Kier molecular flexibility index (Phi) is 4.40. The highest BCUT2D eigenvalue weighted by Gasteiger charge is 2.42. The first kappa shape index (κ1) is 16.0. The molecule has 2 aliphatic rings. The van der Waals surface area contributed by atoms with Gasteiger partial charge in [-0.15, -0.1) is 11.8 Å². The second-order valence-corrected chi connectivity index (χ2v) is 6.25. The summed E-state index contributed by atoms with van der Waals surface area (Å²) in [5, 5.41) is 8.81. The third-order valence-corrected chi connectivity index (χ3v) is 4.79. The fraction of sp³-hybridized carbons (Fsp3) is 0.667. The first-order chi connectivity index (χ1) is 9.71. The van der Waals surface area contributed by atoms with Crippen molar-refractivity contribution in [3.05, 3.63) is 11.6 Å². The molecule has 0 aromatic carbocycles. The van der Waals surface area contributed by atoms with Crippen molar-refractivity contribution in [3.8, 4) is 0 Å². The number of carbonyl (C=O) groups is 2. The Balaban J connectivity index is 2.08. The van der Waals surface area contributed by atoms with Gasteiger partial charge in [0.25, 0.3) is 0 Å². The van der Waals surface area contributed by atoms with Gasteiger partial charge in [-0.2, -0.15) is 13.2 Å². The molecule has 2 aliphatic heterocycles. The average Bonchev–Trinajstić information content (AvgIpc) is 2.79. The van der Waals surface area contributed by atoms with Gasteiger partial charge in [-0.1, -0.05) is 6.08 Å². The number of aliphatic carboxylic acids is 1. The Hall–Kier alpha value is -1.38. The van der Waals surface area contributed by atoms with Crippen LogP contribution in [0.5, 0.6) is 0 Å². The smallest absolute Gasteiger partial charge is 0.412 e. The summed E-state index contributed by atoms with van der Waals surface area (Å²) in [7, 11) is 0. The van der Waals surface area contributed by atoms with Crippen molar-refractivity contribution in [3.63, 3.8) is 0 Å². The number of rotatable bonds is 1. The molecule has 9 heteroatoms. The Morgan fingerprint density at radius 2 is 2.10 bits per heavy atom. The molecule has 1 N–H and O–H groups in total. The van der Waals surface area contributed by atoms with Crippen LogP contribution in [0.1, 0.15) is 13.3 Å². The SMILES string of the molecule is CC1SCC(C(=O)O)N1C(=O)N1CC=C(C(F)(F)F)CC1. The minimum absolute atomic E-state index is 0.0512. The van der Waals surface area contributed by atoms with Crippen LogP contribution in [0.3, 0.4) is 0 Å². The van der Waals surface area contributed by atoms with Crippen molar-refractivity contribution in [2.45, 2.75) is 30.9 Å². The molecule has 2 rings (SSSR count). The lowest BCUT2D eigenvalue weighted by molar-refractivity contribution is -0.141. The number of nitrogens with zero attached hydrogens (tertiary/aromatic N) is 2. The number of urea groups is 1. The van der Waals surface area contributed by atoms with E-state index in [9.17, 15) is 22.8 Å². The lowest BCUT2D eigenvalue weighted by Gasteiger charge is -2.34. The zero-order valence-electron chi connectivity index (χ0n) is 11.3. The molecule has 0 aromatic rings. The minimum atomic E-state index is -4.37. The second kappa shape index (κ2) is 5.78. The normalized spacial score (nSPS) is 26.8. The van der Waals surface area contributed by atoms with Crippen molar-refractivity contribution < 1.29 is 27.9 Å². The van der Waals surface area contributed by atoms with Crippen LogP contribution in [0.25, 0.3) is 0 Å². The number of halogens is 3. The Labute approximate surface area is 123 Å². The fourth-order valence-corrected chi connectivity index (χ4v) is 3.55. The molecule has 0 aromatic heterocycles. The molecule has 0 saturated carbocycles. The molecule has 118 valence electrons. The van der Waals surface area contributed by atoms with Crippen molar-refractivity contribution in [1.82, 2.24) is 9.80 Å². The molecule has 5 nitrogen and oxygen atoms in total. The van der Waals surface area contributed by atoms with Gasteiger partial charge >= 0.3 is 18.2 Å². The van der Waals surface area contributed by atoms with Crippen molar-refractivity contribution >= 4 is 23.8 Å². The van der Waals surface area contributed by atoms with Crippen LogP contribution in [0.4, 0.5) is 18.0 Å². The van der Waals surface area contributed by atoms with Crippen LogP contribution in [-0.2, 0) is 4.79 Å². The van der Waals surface area contributed by atoms with E-state index < -0.39 is 29.8 Å². The molecule has 0 aliphatic carbocycles. The van der Waals surface area contributed by atoms with E-state index in [1.165, 1.54) is 21.6 Å². The average molecular weight is 324 g/mol. The van der Waals surface area contributed by atoms with Gasteiger partial charge in [0.15, 0.2) is 0 Å². The minimum Gasteiger partial charge on any atom is -0.480 e. The molecule has 1 saturated heterocycles. The molecular weight excluding hydrogens is 309 g/mol. The first-order valence-corrected chi connectivity index (χ1v) is 7.44. The third-order valence-electron chi connectivity index (χ3n) is 3.57. The van der Waals surface area contributed by atoms with Gasteiger partial charge in [0.05, 0.1) is 5.37 Å². The largest absolute Gasteiger partial charge is 0.480 e. The maximum atomic E-state index is 12.5. The zero-order valence-corrected chi connectivity index (χ0v) is 12.1. The number of carboxylic acids is 1. The van der Waals surface area contributed by atoms with Gasteiger partial charge in [-0.05, 0) is 13.3 Å². The van der Waals surface area contributed by atoms with Gasteiger partial charge in [-0.3, -0.25) is 4.90 Å². The van der Waals surface area contributed by atoms with Crippen molar-refractivity contribution in [2.75, 3.05) is 18.8 Å². The van der Waals surface area contributed by atoms with Gasteiger partial charge in [-0.25, -0.2) is 9.59 Å². The number of amides is 2. The number of carbonyl (C=O) groups excluding carboxylic acids is 1. The van der Waals surface area contributed by atoms with E-state index in [0.29, 0.717) is 5.75 Å². The highest BCUT2D eigenvalue weighted by atomic mass is 32.2. The quantitative estimate of drug-likeness (QED) is 0.751. The summed E-state index contributed by atoms with van der Waals surface area (Å²) in [6.45, 7) is 1.52. The number of thioether (sulfide) groups is 1. The highest BCUT2D eigenvalue weighted by Crippen LogP contribution is 2.33. The van der Waals surface area contributed by atoms with Gasteiger partial charge in [0.1, 0.15) is 6.04 Å². The molecule has 0 radical (unpaired) electrons. The lowest BCUT2D eigenvalue weighted by atomic mass is 10.1. The maximum absolute atomic E-state index is 12.5. The summed E-state index contributed by atoms with van der Waals surface area (Å²) < 4.78 is 37.6. The van der Waals surface area contributed by atoms with E-state index in [1.54, 1.807) is 6.92 Å². The number of carboxylic acid groups (broad SMARTS) is 1. The van der Waals surface area contributed by atoms with E-state index in [4.69, 9.17) is 5.11 Å². The molecule has 2 heterocycles. The fourth-order valence-electron chi connectivity index (χ4n) is 2.39. The van der Waals surface area contributed by atoms with Gasteiger partial charge < -0.3 is 10.0 Å². The predicted octanol–water partition coefficient (Wildman–Crippen LogP) is 2.15. The van der Waals surface area contributed by atoms with E-state index in [0.717, 1.165) is 6.08 Å². The summed E-state index contributed by atoms with van der Waals surface area (Å²) in [5.41, 5.74) is -0.634. The summed E-state index contributed by atoms with van der Waals surface area (Å²) in [5.74, 6) is -0.802.